The van der Waals surface area contributed by atoms with Gasteiger partial charge in [-0.05, 0) is 31.1 Å². The largest absolute Gasteiger partial charge is 0.469 e. The molecule has 1 heterocycles. The van der Waals surface area contributed by atoms with E-state index >= 15 is 0 Å². The molecule has 90 valence electrons. The molecule has 0 saturated carbocycles. The van der Waals surface area contributed by atoms with Crippen LogP contribution < -0.4 is 5.32 Å². The summed E-state index contributed by atoms with van der Waals surface area (Å²) in [7, 11) is 1.99. The highest BCUT2D eigenvalue weighted by Crippen LogP contribution is 2.10. The molecular formula is C12H20N2OS. The Labute approximate surface area is 103 Å². The standard InChI is InChI=1S/C12H20N2OS/c1-9(2)7-13-12(16)14(4)8-11-5-6-15-10(11)3/h5-6,9H,7-8H2,1-4H3,(H,13,16). The fraction of sp³-hybridized carbons (Fsp3) is 0.583. The van der Waals surface area contributed by atoms with E-state index in [9.17, 15) is 0 Å². The Bertz CT molecular complexity index is 347. The van der Waals surface area contributed by atoms with Crippen molar-refractivity contribution in [1.29, 1.82) is 0 Å². The number of nitrogens with zero attached hydrogens (tertiary/aromatic N) is 1. The van der Waals surface area contributed by atoms with Crippen LogP contribution in [-0.4, -0.2) is 23.6 Å². The first-order valence-corrected chi connectivity index (χ1v) is 5.93. The fourth-order valence-corrected chi connectivity index (χ4v) is 1.48. The van der Waals surface area contributed by atoms with Gasteiger partial charge in [0.25, 0.3) is 0 Å². The molecule has 0 bridgehead atoms. The van der Waals surface area contributed by atoms with E-state index in [1.165, 1.54) is 5.56 Å². The molecule has 0 aliphatic rings. The Balaban J connectivity index is 2.43. The minimum Gasteiger partial charge on any atom is -0.469 e. The Hall–Kier alpha value is -1.03. The van der Waals surface area contributed by atoms with Crippen LogP contribution in [0.1, 0.15) is 25.2 Å². The molecule has 0 atom stereocenters. The van der Waals surface area contributed by atoms with Gasteiger partial charge in [0.2, 0.25) is 0 Å². The topological polar surface area (TPSA) is 28.4 Å². The lowest BCUT2D eigenvalue weighted by atomic mass is 10.2. The third-order valence-electron chi connectivity index (χ3n) is 2.38. The van der Waals surface area contributed by atoms with Gasteiger partial charge in [-0.3, -0.25) is 0 Å². The zero-order chi connectivity index (χ0) is 12.1. The Morgan fingerprint density at radius 3 is 2.75 bits per heavy atom. The van der Waals surface area contributed by atoms with Gasteiger partial charge < -0.3 is 14.6 Å². The van der Waals surface area contributed by atoms with Crippen molar-refractivity contribution in [1.82, 2.24) is 10.2 Å². The third kappa shape index (κ3) is 3.85. The highest BCUT2D eigenvalue weighted by atomic mass is 32.1. The van der Waals surface area contributed by atoms with Crippen molar-refractivity contribution in [3.05, 3.63) is 23.7 Å². The number of hydrogen-bond donors (Lipinski definition) is 1. The van der Waals surface area contributed by atoms with E-state index < -0.39 is 0 Å². The first kappa shape index (κ1) is 13.0. The lowest BCUT2D eigenvalue weighted by molar-refractivity contribution is 0.467. The van der Waals surface area contributed by atoms with Crippen LogP contribution in [0.15, 0.2) is 16.7 Å². The summed E-state index contributed by atoms with van der Waals surface area (Å²) in [6.07, 6.45) is 1.71. The van der Waals surface area contributed by atoms with Gasteiger partial charge in [-0.1, -0.05) is 13.8 Å². The summed E-state index contributed by atoms with van der Waals surface area (Å²) in [4.78, 5) is 2.02. The van der Waals surface area contributed by atoms with Crippen LogP contribution in [0.4, 0.5) is 0 Å². The molecule has 1 rings (SSSR count). The molecule has 4 heteroatoms. The summed E-state index contributed by atoms with van der Waals surface area (Å²) >= 11 is 5.30. The van der Waals surface area contributed by atoms with Crippen LogP contribution in [0.2, 0.25) is 0 Å². The van der Waals surface area contributed by atoms with Crippen molar-refractivity contribution in [3.8, 4) is 0 Å². The van der Waals surface area contributed by atoms with E-state index in [-0.39, 0.29) is 0 Å². The summed E-state index contributed by atoms with van der Waals surface area (Å²) in [6, 6.07) is 1.98. The summed E-state index contributed by atoms with van der Waals surface area (Å²) in [5.74, 6) is 1.56. The molecule has 0 saturated heterocycles. The highest BCUT2D eigenvalue weighted by molar-refractivity contribution is 7.80. The van der Waals surface area contributed by atoms with Crippen molar-refractivity contribution in [2.24, 2.45) is 5.92 Å². The molecule has 0 spiro atoms. The van der Waals surface area contributed by atoms with Crippen LogP contribution in [0, 0.1) is 12.8 Å². The number of thiocarbonyl (C=S) groups is 1. The van der Waals surface area contributed by atoms with E-state index in [1.54, 1.807) is 6.26 Å². The smallest absolute Gasteiger partial charge is 0.168 e. The molecule has 16 heavy (non-hydrogen) atoms. The average Bonchev–Trinajstić information content (AvgIpc) is 2.60. The van der Waals surface area contributed by atoms with Crippen molar-refractivity contribution in [2.75, 3.05) is 13.6 Å². The molecule has 1 N–H and O–H groups in total. The number of furan rings is 1. The molecule has 0 amide bonds. The Morgan fingerprint density at radius 1 is 1.56 bits per heavy atom. The highest BCUT2D eigenvalue weighted by Gasteiger charge is 2.08. The summed E-state index contributed by atoms with van der Waals surface area (Å²) in [6.45, 7) is 7.99. The first-order valence-electron chi connectivity index (χ1n) is 5.52. The molecule has 0 unspecified atom stereocenters. The predicted molar refractivity (Wildman–Crippen MR) is 70.4 cm³/mol. The van der Waals surface area contributed by atoms with Crippen molar-refractivity contribution in [3.63, 3.8) is 0 Å². The summed E-state index contributed by atoms with van der Waals surface area (Å²) in [5, 5.41) is 4.03. The second kappa shape index (κ2) is 5.89. The SMILES string of the molecule is Cc1occc1CN(C)C(=S)NCC(C)C. The normalized spacial score (nSPS) is 10.6. The van der Waals surface area contributed by atoms with Gasteiger partial charge in [-0.25, -0.2) is 0 Å². The van der Waals surface area contributed by atoms with Crippen molar-refractivity contribution >= 4 is 17.3 Å². The lowest BCUT2D eigenvalue weighted by Crippen LogP contribution is -2.38. The summed E-state index contributed by atoms with van der Waals surface area (Å²) in [5.41, 5.74) is 1.18. The summed E-state index contributed by atoms with van der Waals surface area (Å²) < 4.78 is 5.25. The maximum atomic E-state index is 5.30. The second-order valence-corrected chi connectivity index (χ2v) is 4.82. The molecule has 0 aromatic carbocycles. The van der Waals surface area contributed by atoms with Gasteiger partial charge in [-0.15, -0.1) is 0 Å². The van der Waals surface area contributed by atoms with E-state index in [2.05, 4.69) is 19.2 Å². The minimum absolute atomic E-state index is 0.599. The lowest BCUT2D eigenvalue weighted by Gasteiger charge is -2.21. The van der Waals surface area contributed by atoms with E-state index in [0.717, 1.165) is 24.0 Å². The second-order valence-electron chi connectivity index (χ2n) is 4.44. The molecule has 0 aliphatic carbocycles. The van der Waals surface area contributed by atoms with Crippen molar-refractivity contribution in [2.45, 2.75) is 27.3 Å². The van der Waals surface area contributed by atoms with Gasteiger partial charge in [-0.2, -0.15) is 0 Å². The molecule has 0 fully saturated rings. The molecule has 0 aliphatic heterocycles. The Kier molecular flexibility index (Phi) is 4.80. The van der Waals surface area contributed by atoms with Crippen LogP contribution in [-0.2, 0) is 6.54 Å². The zero-order valence-electron chi connectivity index (χ0n) is 10.4. The van der Waals surface area contributed by atoms with Crippen LogP contribution >= 0.6 is 12.2 Å². The van der Waals surface area contributed by atoms with Crippen LogP contribution in [0.3, 0.4) is 0 Å². The Morgan fingerprint density at radius 2 is 2.25 bits per heavy atom. The maximum Gasteiger partial charge on any atom is 0.168 e. The van der Waals surface area contributed by atoms with Gasteiger partial charge in [0.05, 0.1) is 6.26 Å². The molecule has 0 radical (unpaired) electrons. The number of nitrogens with one attached hydrogen (secondary N) is 1. The quantitative estimate of drug-likeness (QED) is 0.819. The molecule has 1 aromatic rings. The van der Waals surface area contributed by atoms with Crippen LogP contribution in [0.25, 0.3) is 0 Å². The zero-order valence-corrected chi connectivity index (χ0v) is 11.2. The van der Waals surface area contributed by atoms with Gasteiger partial charge in [0.1, 0.15) is 5.76 Å². The third-order valence-corrected chi connectivity index (χ3v) is 2.84. The average molecular weight is 240 g/mol. The number of rotatable bonds is 4. The van der Waals surface area contributed by atoms with Gasteiger partial charge in [0.15, 0.2) is 5.11 Å². The van der Waals surface area contributed by atoms with E-state index in [1.807, 2.05) is 24.9 Å². The fourth-order valence-electron chi connectivity index (χ4n) is 1.33. The van der Waals surface area contributed by atoms with Crippen molar-refractivity contribution < 1.29 is 4.42 Å². The minimum atomic E-state index is 0.599. The maximum absolute atomic E-state index is 5.30. The van der Waals surface area contributed by atoms with E-state index in [4.69, 9.17) is 16.6 Å². The van der Waals surface area contributed by atoms with Gasteiger partial charge in [0, 0.05) is 25.7 Å². The molecule has 3 nitrogen and oxygen atoms in total. The predicted octanol–water partition coefficient (Wildman–Crippen LogP) is 2.55. The monoisotopic (exact) mass is 240 g/mol. The van der Waals surface area contributed by atoms with E-state index in [0.29, 0.717) is 5.92 Å². The number of aryl methyl sites for hydroxylation is 1. The molecule has 1 aromatic heterocycles. The van der Waals surface area contributed by atoms with Gasteiger partial charge >= 0.3 is 0 Å². The van der Waals surface area contributed by atoms with Crippen LogP contribution in [0.5, 0.6) is 0 Å². The first-order chi connectivity index (χ1) is 7.50. The number of hydrogen-bond acceptors (Lipinski definition) is 2. The molecular weight excluding hydrogens is 220 g/mol.